The van der Waals surface area contributed by atoms with Gasteiger partial charge in [0.2, 0.25) is 0 Å². The number of carbonyl (C=O) groups is 1. The van der Waals surface area contributed by atoms with Crippen molar-refractivity contribution in [3.63, 3.8) is 0 Å². The third-order valence-electron chi connectivity index (χ3n) is 2.59. The summed E-state index contributed by atoms with van der Waals surface area (Å²) in [6.07, 6.45) is 0. The van der Waals surface area contributed by atoms with E-state index in [1.165, 1.54) is 7.05 Å². The van der Waals surface area contributed by atoms with Crippen molar-refractivity contribution in [2.45, 2.75) is 0 Å². The Kier molecular flexibility index (Phi) is 3.10. The van der Waals surface area contributed by atoms with E-state index < -0.39 is 0 Å². The zero-order chi connectivity index (χ0) is 12.3. The van der Waals surface area contributed by atoms with Crippen molar-refractivity contribution in [2.24, 2.45) is 0 Å². The Labute approximate surface area is 99.7 Å². The number of carbonyl (C=O) groups excluding carboxylic acids is 1. The molecule has 0 fully saturated rings. The molecule has 0 saturated heterocycles. The molecule has 0 saturated carbocycles. The molecule has 0 aromatic heterocycles. The van der Waals surface area contributed by atoms with Crippen LogP contribution in [-0.4, -0.2) is 18.1 Å². The average Bonchev–Trinajstić information content (AvgIpc) is 2.39. The molecule has 2 aromatic carbocycles. The zero-order valence-electron chi connectivity index (χ0n) is 9.47. The summed E-state index contributed by atoms with van der Waals surface area (Å²) in [6.45, 7) is 0. The number of nitrogens with one attached hydrogen (secondary N) is 1. The van der Waals surface area contributed by atoms with Crippen molar-refractivity contribution in [3.8, 4) is 16.9 Å². The molecule has 0 bridgehead atoms. The molecule has 0 spiro atoms. The second-order valence-corrected chi connectivity index (χ2v) is 3.65. The average molecular weight is 227 g/mol. The van der Waals surface area contributed by atoms with Gasteiger partial charge in [0.25, 0.3) is 5.91 Å². The number of rotatable bonds is 2. The summed E-state index contributed by atoms with van der Waals surface area (Å²) in [4.78, 5) is 11.5. The minimum absolute atomic E-state index is 0.0121. The largest absolute Gasteiger partial charge is 0.506 e. The van der Waals surface area contributed by atoms with E-state index in [1.807, 2.05) is 30.3 Å². The number of hydrogen-bond acceptors (Lipinski definition) is 2. The van der Waals surface area contributed by atoms with E-state index in [0.29, 0.717) is 5.56 Å². The Morgan fingerprint density at radius 3 is 2.41 bits per heavy atom. The molecule has 2 N–H and O–H groups in total. The van der Waals surface area contributed by atoms with Gasteiger partial charge < -0.3 is 10.4 Å². The molecule has 86 valence electrons. The summed E-state index contributed by atoms with van der Waals surface area (Å²) >= 11 is 0. The van der Waals surface area contributed by atoms with Gasteiger partial charge in [0.15, 0.2) is 0 Å². The highest BCUT2D eigenvalue weighted by Crippen LogP contribution is 2.31. The minimum Gasteiger partial charge on any atom is -0.506 e. The van der Waals surface area contributed by atoms with Crippen LogP contribution in [0.4, 0.5) is 0 Å². The molecule has 3 heteroatoms. The van der Waals surface area contributed by atoms with E-state index in [0.717, 1.165) is 5.56 Å². The lowest BCUT2D eigenvalue weighted by atomic mass is 10.0. The first-order valence-corrected chi connectivity index (χ1v) is 5.33. The lowest BCUT2D eigenvalue weighted by Gasteiger charge is -2.08. The summed E-state index contributed by atoms with van der Waals surface area (Å²) in [7, 11) is 1.54. The van der Waals surface area contributed by atoms with Crippen molar-refractivity contribution in [1.29, 1.82) is 0 Å². The van der Waals surface area contributed by atoms with Crippen LogP contribution in [0.15, 0.2) is 48.5 Å². The van der Waals surface area contributed by atoms with Gasteiger partial charge in [0.05, 0.1) is 5.56 Å². The molecule has 0 aliphatic carbocycles. The fourth-order valence-electron chi connectivity index (χ4n) is 1.71. The van der Waals surface area contributed by atoms with Gasteiger partial charge in [0.1, 0.15) is 5.75 Å². The fraction of sp³-hybridized carbons (Fsp3) is 0.0714. The Morgan fingerprint density at radius 2 is 1.76 bits per heavy atom. The summed E-state index contributed by atoms with van der Waals surface area (Å²) in [5.41, 5.74) is 1.83. The van der Waals surface area contributed by atoms with Gasteiger partial charge in [-0.2, -0.15) is 0 Å². The van der Waals surface area contributed by atoms with E-state index in [1.54, 1.807) is 18.2 Å². The smallest absolute Gasteiger partial charge is 0.254 e. The molecule has 0 aliphatic rings. The van der Waals surface area contributed by atoms with Gasteiger partial charge in [-0.1, -0.05) is 42.5 Å². The zero-order valence-corrected chi connectivity index (χ0v) is 9.47. The number of benzene rings is 2. The molecule has 0 heterocycles. The lowest BCUT2D eigenvalue weighted by Crippen LogP contribution is -2.17. The van der Waals surface area contributed by atoms with Crippen LogP contribution < -0.4 is 5.32 Å². The number of phenolic OH excluding ortho intramolecular Hbond substituents is 1. The number of aromatic hydroxyl groups is 1. The first-order chi connectivity index (χ1) is 8.24. The SMILES string of the molecule is CNC(=O)c1cccc(-c2ccccc2)c1O. The molecule has 17 heavy (non-hydrogen) atoms. The predicted octanol–water partition coefficient (Wildman–Crippen LogP) is 2.42. The fourth-order valence-corrected chi connectivity index (χ4v) is 1.71. The van der Waals surface area contributed by atoms with E-state index >= 15 is 0 Å². The minimum atomic E-state index is -0.291. The maximum Gasteiger partial charge on any atom is 0.254 e. The second kappa shape index (κ2) is 4.70. The molecule has 2 rings (SSSR count). The third kappa shape index (κ3) is 2.13. The Morgan fingerprint density at radius 1 is 1.06 bits per heavy atom. The Hall–Kier alpha value is -2.29. The number of phenols is 1. The van der Waals surface area contributed by atoms with Crippen LogP contribution in [0, 0.1) is 0 Å². The molecule has 0 unspecified atom stereocenters. The highest BCUT2D eigenvalue weighted by atomic mass is 16.3. The molecule has 0 atom stereocenters. The first kappa shape index (κ1) is 11.2. The normalized spacial score (nSPS) is 9.94. The molecule has 0 aliphatic heterocycles. The van der Waals surface area contributed by atoms with Crippen molar-refractivity contribution < 1.29 is 9.90 Å². The predicted molar refractivity (Wildman–Crippen MR) is 66.9 cm³/mol. The molecule has 1 amide bonds. The quantitative estimate of drug-likeness (QED) is 0.827. The lowest BCUT2D eigenvalue weighted by molar-refractivity contribution is 0.0960. The summed E-state index contributed by atoms with van der Waals surface area (Å²) < 4.78 is 0. The van der Waals surface area contributed by atoms with Crippen LogP contribution in [0.2, 0.25) is 0 Å². The van der Waals surface area contributed by atoms with Gasteiger partial charge in [-0.25, -0.2) is 0 Å². The highest BCUT2D eigenvalue weighted by Gasteiger charge is 2.13. The standard InChI is InChI=1S/C14H13NO2/c1-15-14(17)12-9-5-8-11(13(12)16)10-6-3-2-4-7-10/h2-9,16H,1H3,(H,15,17). The van der Waals surface area contributed by atoms with E-state index in [2.05, 4.69) is 5.32 Å². The van der Waals surface area contributed by atoms with Crippen LogP contribution in [-0.2, 0) is 0 Å². The monoisotopic (exact) mass is 227 g/mol. The second-order valence-electron chi connectivity index (χ2n) is 3.65. The number of hydrogen-bond donors (Lipinski definition) is 2. The summed E-state index contributed by atoms with van der Waals surface area (Å²) in [5, 5.41) is 12.6. The van der Waals surface area contributed by atoms with Gasteiger partial charge in [-0.05, 0) is 11.6 Å². The molecule has 3 nitrogen and oxygen atoms in total. The van der Waals surface area contributed by atoms with Crippen molar-refractivity contribution in [2.75, 3.05) is 7.05 Å². The number of para-hydroxylation sites is 1. The van der Waals surface area contributed by atoms with Crippen molar-refractivity contribution in [1.82, 2.24) is 5.32 Å². The molecule has 2 aromatic rings. The van der Waals surface area contributed by atoms with Gasteiger partial charge in [0, 0.05) is 12.6 Å². The third-order valence-corrected chi connectivity index (χ3v) is 2.59. The molecule has 0 radical (unpaired) electrons. The summed E-state index contributed by atoms with van der Waals surface area (Å²) in [5.74, 6) is -0.279. The topological polar surface area (TPSA) is 49.3 Å². The Bertz CT molecular complexity index is 535. The highest BCUT2D eigenvalue weighted by molar-refractivity contribution is 5.99. The molecular formula is C14H13NO2. The van der Waals surface area contributed by atoms with Gasteiger partial charge in [-0.15, -0.1) is 0 Å². The van der Waals surface area contributed by atoms with Crippen LogP contribution in [0.25, 0.3) is 11.1 Å². The van der Waals surface area contributed by atoms with Gasteiger partial charge >= 0.3 is 0 Å². The van der Waals surface area contributed by atoms with Crippen LogP contribution >= 0.6 is 0 Å². The van der Waals surface area contributed by atoms with E-state index in [4.69, 9.17) is 0 Å². The van der Waals surface area contributed by atoms with Crippen LogP contribution in [0.3, 0.4) is 0 Å². The van der Waals surface area contributed by atoms with E-state index in [-0.39, 0.29) is 17.2 Å². The van der Waals surface area contributed by atoms with E-state index in [9.17, 15) is 9.90 Å². The number of amides is 1. The van der Waals surface area contributed by atoms with Crippen molar-refractivity contribution >= 4 is 5.91 Å². The molecular weight excluding hydrogens is 214 g/mol. The van der Waals surface area contributed by atoms with Crippen LogP contribution in [0.5, 0.6) is 5.75 Å². The van der Waals surface area contributed by atoms with Crippen LogP contribution in [0.1, 0.15) is 10.4 Å². The summed E-state index contributed by atoms with van der Waals surface area (Å²) in [6, 6.07) is 14.6. The first-order valence-electron chi connectivity index (χ1n) is 5.33. The maximum absolute atomic E-state index is 11.5. The Balaban J connectivity index is 2.54. The maximum atomic E-state index is 11.5. The van der Waals surface area contributed by atoms with Gasteiger partial charge in [-0.3, -0.25) is 4.79 Å². The van der Waals surface area contributed by atoms with Crippen molar-refractivity contribution in [3.05, 3.63) is 54.1 Å².